The second kappa shape index (κ2) is 11.7. The number of amides is 1. The standard InChI is InChI=1S/C22H24FN3O2.2ClH/c1-14(2)15-3-5-16(6-4-15)20(24)12-25-21(27)11-19-13-28-22(26-19)17-7-9-18(23)10-8-17;;/h3-10,13-14,20H,11-12,24H2,1-2H3,(H,25,27);2*1H. The summed E-state index contributed by atoms with van der Waals surface area (Å²) in [6, 6.07) is 13.7. The molecule has 0 radical (unpaired) electrons. The summed E-state index contributed by atoms with van der Waals surface area (Å²) in [5, 5.41) is 2.83. The van der Waals surface area contributed by atoms with Crippen LogP contribution in [-0.2, 0) is 11.2 Å². The lowest BCUT2D eigenvalue weighted by molar-refractivity contribution is -0.120. The summed E-state index contributed by atoms with van der Waals surface area (Å²) in [4.78, 5) is 16.5. The second-order valence-corrected chi connectivity index (χ2v) is 7.06. The maximum Gasteiger partial charge on any atom is 0.226 e. The van der Waals surface area contributed by atoms with E-state index in [0.717, 1.165) is 5.56 Å². The van der Waals surface area contributed by atoms with E-state index < -0.39 is 0 Å². The molecular weight excluding hydrogens is 428 g/mol. The van der Waals surface area contributed by atoms with Gasteiger partial charge in [0.15, 0.2) is 0 Å². The monoisotopic (exact) mass is 453 g/mol. The lowest BCUT2D eigenvalue weighted by Crippen LogP contribution is -2.32. The first-order valence-electron chi connectivity index (χ1n) is 9.25. The fourth-order valence-corrected chi connectivity index (χ4v) is 2.81. The topological polar surface area (TPSA) is 81.1 Å². The zero-order valence-electron chi connectivity index (χ0n) is 16.8. The maximum atomic E-state index is 13.0. The van der Waals surface area contributed by atoms with E-state index in [1.54, 1.807) is 12.1 Å². The van der Waals surface area contributed by atoms with Crippen molar-refractivity contribution in [1.29, 1.82) is 0 Å². The van der Waals surface area contributed by atoms with E-state index in [1.807, 2.05) is 12.1 Å². The SMILES string of the molecule is CC(C)c1ccc(C(N)CNC(=O)Cc2coc(-c3ccc(F)cc3)n2)cc1.Cl.Cl. The van der Waals surface area contributed by atoms with Crippen LogP contribution in [0, 0.1) is 5.82 Å². The van der Waals surface area contributed by atoms with Gasteiger partial charge in [0.25, 0.3) is 0 Å². The summed E-state index contributed by atoms with van der Waals surface area (Å²) in [5.74, 6) is 0.301. The predicted octanol–water partition coefficient (Wildman–Crippen LogP) is 4.81. The number of carbonyl (C=O) groups excluding carboxylic acids is 1. The third-order valence-corrected chi connectivity index (χ3v) is 4.54. The highest BCUT2D eigenvalue weighted by molar-refractivity contribution is 5.85. The molecule has 1 amide bonds. The quantitative estimate of drug-likeness (QED) is 0.537. The third-order valence-electron chi connectivity index (χ3n) is 4.54. The van der Waals surface area contributed by atoms with E-state index in [1.165, 1.54) is 24.0 Å². The summed E-state index contributed by atoms with van der Waals surface area (Å²) in [6.45, 7) is 4.61. The van der Waals surface area contributed by atoms with Crippen LogP contribution in [-0.4, -0.2) is 17.4 Å². The lowest BCUT2D eigenvalue weighted by atomic mass is 9.99. The van der Waals surface area contributed by atoms with Crippen molar-refractivity contribution in [2.24, 2.45) is 5.73 Å². The van der Waals surface area contributed by atoms with Crippen LogP contribution in [0.4, 0.5) is 4.39 Å². The van der Waals surface area contributed by atoms with Crippen LogP contribution in [0.3, 0.4) is 0 Å². The van der Waals surface area contributed by atoms with Gasteiger partial charge in [-0.3, -0.25) is 4.79 Å². The number of halogens is 3. The number of carbonyl (C=O) groups is 1. The molecule has 0 bridgehead atoms. The molecule has 0 spiro atoms. The van der Waals surface area contributed by atoms with Gasteiger partial charge >= 0.3 is 0 Å². The Labute approximate surface area is 188 Å². The van der Waals surface area contributed by atoms with Gasteiger partial charge in [-0.25, -0.2) is 9.37 Å². The third kappa shape index (κ3) is 6.83. The van der Waals surface area contributed by atoms with Gasteiger partial charge in [-0.2, -0.15) is 0 Å². The van der Waals surface area contributed by atoms with E-state index in [4.69, 9.17) is 10.2 Å². The van der Waals surface area contributed by atoms with Gasteiger partial charge in [0, 0.05) is 18.2 Å². The van der Waals surface area contributed by atoms with E-state index in [-0.39, 0.29) is 49.0 Å². The van der Waals surface area contributed by atoms with Gasteiger partial charge in [0.05, 0.1) is 12.1 Å². The first kappa shape index (κ1) is 25.6. The molecule has 5 nitrogen and oxygen atoms in total. The molecule has 0 fully saturated rings. The Bertz CT molecular complexity index is 928. The van der Waals surface area contributed by atoms with Crippen molar-refractivity contribution in [3.63, 3.8) is 0 Å². The Hall–Kier alpha value is -2.41. The molecule has 162 valence electrons. The number of oxazole rings is 1. The molecule has 0 aliphatic heterocycles. The van der Waals surface area contributed by atoms with Gasteiger partial charge in [0.1, 0.15) is 12.1 Å². The normalized spacial score (nSPS) is 11.4. The summed E-state index contributed by atoms with van der Waals surface area (Å²) < 4.78 is 18.4. The van der Waals surface area contributed by atoms with Gasteiger partial charge in [-0.1, -0.05) is 38.1 Å². The lowest BCUT2D eigenvalue weighted by Gasteiger charge is -2.14. The number of benzene rings is 2. The average molecular weight is 454 g/mol. The number of hydrogen-bond acceptors (Lipinski definition) is 4. The molecule has 0 saturated carbocycles. The highest BCUT2D eigenvalue weighted by Gasteiger charge is 2.13. The largest absolute Gasteiger partial charge is 0.444 e. The summed E-state index contributed by atoms with van der Waals surface area (Å²) in [6.07, 6.45) is 1.52. The van der Waals surface area contributed by atoms with Crippen LogP contribution in [0.2, 0.25) is 0 Å². The molecule has 3 rings (SSSR count). The van der Waals surface area contributed by atoms with Crippen molar-refractivity contribution in [2.45, 2.75) is 32.2 Å². The van der Waals surface area contributed by atoms with Gasteiger partial charge in [-0.15, -0.1) is 24.8 Å². The number of nitrogens with one attached hydrogen (secondary N) is 1. The second-order valence-electron chi connectivity index (χ2n) is 7.06. The molecule has 30 heavy (non-hydrogen) atoms. The highest BCUT2D eigenvalue weighted by atomic mass is 35.5. The van der Waals surface area contributed by atoms with Crippen LogP contribution < -0.4 is 11.1 Å². The van der Waals surface area contributed by atoms with Gasteiger partial charge in [0.2, 0.25) is 11.8 Å². The molecule has 2 aromatic carbocycles. The van der Waals surface area contributed by atoms with E-state index >= 15 is 0 Å². The maximum absolute atomic E-state index is 13.0. The van der Waals surface area contributed by atoms with Crippen LogP contribution in [0.5, 0.6) is 0 Å². The van der Waals surface area contributed by atoms with Crippen molar-refractivity contribution in [3.05, 3.63) is 77.4 Å². The van der Waals surface area contributed by atoms with Crippen molar-refractivity contribution >= 4 is 30.7 Å². The Morgan fingerprint density at radius 1 is 1.07 bits per heavy atom. The molecule has 1 unspecified atom stereocenters. The van der Waals surface area contributed by atoms with Crippen LogP contribution in [0.1, 0.15) is 42.6 Å². The number of rotatable bonds is 7. The Balaban J connectivity index is 0.00000225. The Kier molecular flexibility index (Phi) is 9.99. The van der Waals surface area contributed by atoms with Crippen LogP contribution in [0.15, 0.2) is 59.2 Å². The number of nitrogens with two attached hydrogens (primary N) is 1. The van der Waals surface area contributed by atoms with Crippen LogP contribution in [0.25, 0.3) is 11.5 Å². The number of aromatic nitrogens is 1. The highest BCUT2D eigenvalue weighted by Crippen LogP contribution is 2.19. The van der Waals surface area contributed by atoms with Crippen LogP contribution >= 0.6 is 24.8 Å². The van der Waals surface area contributed by atoms with Crippen molar-refractivity contribution in [3.8, 4) is 11.5 Å². The zero-order chi connectivity index (χ0) is 20.1. The summed E-state index contributed by atoms with van der Waals surface area (Å²) in [7, 11) is 0. The zero-order valence-corrected chi connectivity index (χ0v) is 18.4. The smallest absolute Gasteiger partial charge is 0.226 e. The Morgan fingerprint density at radius 3 is 2.27 bits per heavy atom. The summed E-state index contributed by atoms with van der Waals surface area (Å²) in [5.41, 5.74) is 9.56. The molecular formula is C22H26Cl2FN3O2. The van der Waals surface area contributed by atoms with E-state index in [0.29, 0.717) is 29.6 Å². The molecule has 8 heteroatoms. The minimum absolute atomic E-state index is 0. The van der Waals surface area contributed by atoms with Crippen molar-refractivity contribution in [2.75, 3.05) is 6.54 Å². The molecule has 1 heterocycles. The molecule has 1 aromatic heterocycles. The molecule has 3 aromatic rings. The number of nitrogens with zero attached hydrogens (tertiary/aromatic N) is 1. The molecule has 1 atom stereocenters. The van der Waals surface area contributed by atoms with Gasteiger partial charge in [-0.05, 0) is 41.3 Å². The van der Waals surface area contributed by atoms with E-state index in [9.17, 15) is 9.18 Å². The van der Waals surface area contributed by atoms with Crippen molar-refractivity contribution in [1.82, 2.24) is 10.3 Å². The van der Waals surface area contributed by atoms with Gasteiger partial charge < -0.3 is 15.5 Å². The first-order valence-corrected chi connectivity index (χ1v) is 9.25. The summed E-state index contributed by atoms with van der Waals surface area (Å²) >= 11 is 0. The van der Waals surface area contributed by atoms with Crippen molar-refractivity contribution < 1.29 is 13.6 Å². The molecule has 0 aliphatic carbocycles. The molecule has 3 N–H and O–H groups in total. The minimum atomic E-state index is -0.329. The minimum Gasteiger partial charge on any atom is -0.444 e. The fourth-order valence-electron chi connectivity index (χ4n) is 2.81. The van der Waals surface area contributed by atoms with E-state index in [2.05, 4.69) is 36.3 Å². The fraction of sp³-hybridized carbons (Fsp3) is 0.273. The number of hydrogen-bond donors (Lipinski definition) is 2. The predicted molar refractivity (Wildman–Crippen MR) is 121 cm³/mol. The Morgan fingerprint density at radius 2 is 1.67 bits per heavy atom. The first-order chi connectivity index (χ1) is 13.4. The average Bonchev–Trinajstić information content (AvgIpc) is 3.15. The molecule has 0 saturated heterocycles. The molecule has 0 aliphatic rings.